The number of benzene rings is 1. The first-order valence-corrected chi connectivity index (χ1v) is 7.67. The van der Waals surface area contributed by atoms with Crippen molar-refractivity contribution in [3.8, 4) is 5.75 Å². The Morgan fingerprint density at radius 3 is 2.96 bits per heavy atom. The fourth-order valence-corrected chi connectivity index (χ4v) is 2.84. The minimum atomic E-state index is -0.0797. The molecule has 1 aromatic carbocycles. The van der Waals surface area contributed by atoms with E-state index in [9.17, 15) is 5.11 Å². The van der Waals surface area contributed by atoms with Crippen molar-refractivity contribution >= 4 is 34.3 Å². The van der Waals surface area contributed by atoms with Gasteiger partial charge >= 0.3 is 0 Å². The van der Waals surface area contributed by atoms with E-state index in [0.717, 1.165) is 19.4 Å². The molecule has 2 aromatic heterocycles. The third kappa shape index (κ3) is 2.58. The molecule has 0 bridgehead atoms. The minimum absolute atomic E-state index is 0.0797. The first kappa shape index (κ1) is 14.2. The van der Waals surface area contributed by atoms with E-state index in [1.165, 1.54) is 0 Å². The van der Waals surface area contributed by atoms with E-state index in [-0.39, 0.29) is 17.3 Å². The van der Waals surface area contributed by atoms with Crippen LogP contribution in [-0.2, 0) is 4.74 Å². The molecule has 1 saturated heterocycles. The molecule has 0 amide bonds. The molecule has 3 aromatic rings. The molecule has 0 saturated carbocycles. The number of halogens is 1. The van der Waals surface area contributed by atoms with E-state index in [0.29, 0.717) is 22.7 Å². The van der Waals surface area contributed by atoms with Gasteiger partial charge in [-0.1, -0.05) is 12.1 Å². The number of ether oxygens (including phenoxy) is 1. The van der Waals surface area contributed by atoms with Crippen molar-refractivity contribution in [2.24, 2.45) is 0 Å². The summed E-state index contributed by atoms with van der Waals surface area (Å²) in [4.78, 5) is 12.9. The summed E-state index contributed by atoms with van der Waals surface area (Å²) in [5, 5.41) is 13.1. The van der Waals surface area contributed by atoms with E-state index < -0.39 is 0 Å². The van der Waals surface area contributed by atoms with Gasteiger partial charge in [-0.15, -0.1) is 0 Å². The molecule has 23 heavy (non-hydrogen) atoms. The molecular formula is C15H14ClN5O2. The van der Waals surface area contributed by atoms with E-state index in [1.807, 2.05) is 10.6 Å². The number of nitrogens with zero attached hydrogens (tertiary/aromatic N) is 4. The van der Waals surface area contributed by atoms with Crippen molar-refractivity contribution in [2.45, 2.75) is 19.1 Å². The van der Waals surface area contributed by atoms with Crippen LogP contribution in [0.15, 0.2) is 30.6 Å². The summed E-state index contributed by atoms with van der Waals surface area (Å²) in [6.07, 6.45) is 3.52. The van der Waals surface area contributed by atoms with Crippen LogP contribution >= 0.6 is 11.6 Å². The molecule has 4 rings (SSSR count). The first-order valence-electron chi connectivity index (χ1n) is 7.29. The average Bonchev–Trinajstić information content (AvgIpc) is 3.18. The summed E-state index contributed by atoms with van der Waals surface area (Å²) in [5.74, 6) is 0.562. The summed E-state index contributed by atoms with van der Waals surface area (Å²) in [7, 11) is 0. The maximum atomic E-state index is 9.91. The number of phenols is 1. The molecule has 1 aliphatic heterocycles. The van der Waals surface area contributed by atoms with Crippen LogP contribution in [-0.4, -0.2) is 31.2 Å². The Hall–Kier alpha value is -2.38. The van der Waals surface area contributed by atoms with Gasteiger partial charge in [-0.3, -0.25) is 4.57 Å². The van der Waals surface area contributed by atoms with E-state index >= 15 is 0 Å². The van der Waals surface area contributed by atoms with E-state index in [1.54, 1.807) is 24.5 Å². The average molecular weight is 332 g/mol. The van der Waals surface area contributed by atoms with Crippen molar-refractivity contribution in [3.05, 3.63) is 35.9 Å². The third-order valence-electron chi connectivity index (χ3n) is 3.77. The van der Waals surface area contributed by atoms with Crippen molar-refractivity contribution in [1.29, 1.82) is 0 Å². The van der Waals surface area contributed by atoms with Crippen LogP contribution in [0.3, 0.4) is 0 Å². The highest BCUT2D eigenvalue weighted by atomic mass is 35.5. The number of phenolic OH excluding ortho intramolecular Hbond substituents is 1. The largest absolute Gasteiger partial charge is 0.506 e. The number of nitrogens with one attached hydrogen (secondary N) is 1. The van der Waals surface area contributed by atoms with Crippen LogP contribution < -0.4 is 5.32 Å². The number of imidazole rings is 1. The second-order valence-electron chi connectivity index (χ2n) is 5.28. The lowest BCUT2D eigenvalue weighted by Gasteiger charge is -2.12. The Morgan fingerprint density at radius 2 is 2.17 bits per heavy atom. The van der Waals surface area contributed by atoms with Crippen LogP contribution in [0.2, 0.25) is 5.28 Å². The van der Waals surface area contributed by atoms with Gasteiger partial charge in [0.2, 0.25) is 5.28 Å². The number of fused-ring (bicyclic) bond motifs is 1. The number of hydrogen-bond acceptors (Lipinski definition) is 6. The zero-order valence-corrected chi connectivity index (χ0v) is 12.9. The number of rotatable bonds is 3. The fraction of sp³-hybridized carbons (Fsp3) is 0.267. The first-order chi connectivity index (χ1) is 11.2. The molecule has 1 aliphatic rings. The molecule has 1 atom stereocenters. The van der Waals surface area contributed by atoms with Gasteiger partial charge in [-0.25, -0.2) is 4.98 Å². The third-order valence-corrected chi connectivity index (χ3v) is 3.94. The minimum Gasteiger partial charge on any atom is -0.506 e. The number of aromatic nitrogens is 4. The SMILES string of the molecule is Oc1ccccc1Nc1nc(Cl)nc2c1ncn2C1CCCO1. The number of para-hydroxylation sites is 2. The van der Waals surface area contributed by atoms with Crippen molar-refractivity contribution in [2.75, 3.05) is 11.9 Å². The highest BCUT2D eigenvalue weighted by Crippen LogP contribution is 2.31. The Bertz CT molecular complexity index is 860. The quantitative estimate of drug-likeness (QED) is 0.566. The van der Waals surface area contributed by atoms with E-state index in [2.05, 4.69) is 20.3 Å². The number of anilines is 2. The zero-order chi connectivity index (χ0) is 15.8. The second kappa shape index (κ2) is 5.68. The maximum absolute atomic E-state index is 9.91. The molecule has 0 aliphatic carbocycles. The molecule has 8 heteroatoms. The summed E-state index contributed by atoms with van der Waals surface area (Å²) < 4.78 is 7.55. The summed E-state index contributed by atoms with van der Waals surface area (Å²) in [6, 6.07) is 6.89. The van der Waals surface area contributed by atoms with Crippen LogP contribution in [0.25, 0.3) is 11.2 Å². The Morgan fingerprint density at radius 1 is 1.30 bits per heavy atom. The standard InChI is InChI=1S/C15H14ClN5O2/c16-15-19-13(18-9-4-1-2-5-10(9)22)12-14(20-15)21(8-17-12)11-6-3-7-23-11/h1-2,4-5,8,11,22H,3,6-7H2,(H,18,19,20). The predicted molar refractivity (Wildman–Crippen MR) is 85.9 cm³/mol. The summed E-state index contributed by atoms with van der Waals surface area (Å²) in [5.41, 5.74) is 1.71. The molecule has 0 radical (unpaired) electrons. The van der Waals surface area contributed by atoms with Crippen molar-refractivity contribution < 1.29 is 9.84 Å². The van der Waals surface area contributed by atoms with Gasteiger partial charge in [0.25, 0.3) is 0 Å². The molecule has 7 nitrogen and oxygen atoms in total. The fourth-order valence-electron chi connectivity index (χ4n) is 2.67. The molecule has 3 heterocycles. The number of hydrogen-bond donors (Lipinski definition) is 2. The lowest BCUT2D eigenvalue weighted by molar-refractivity contribution is 0.0593. The molecule has 2 N–H and O–H groups in total. The molecule has 1 fully saturated rings. The Labute approximate surface area is 136 Å². The van der Waals surface area contributed by atoms with Gasteiger partial charge in [0.15, 0.2) is 17.0 Å². The monoisotopic (exact) mass is 331 g/mol. The summed E-state index contributed by atoms with van der Waals surface area (Å²) >= 11 is 6.06. The highest BCUT2D eigenvalue weighted by molar-refractivity contribution is 6.28. The molecule has 1 unspecified atom stereocenters. The topological polar surface area (TPSA) is 85.1 Å². The smallest absolute Gasteiger partial charge is 0.226 e. The van der Waals surface area contributed by atoms with Crippen LogP contribution in [0, 0.1) is 0 Å². The predicted octanol–water partition coefficient (Wildman–Crippen LogP) is 3.24. The number of aromatic hydroxyl groups is 1. The van der Waals surface area contributed by atoms with Crippen LogP contribution in [0.4, 0.5) is 11.5 Å². The molecule has 118 valence electrons. The van der Waals surface area contributed by atoms with E-state index in [4.69, 9.17) is 16.3 Å². The summed E-state index contributed by atoms with van der Waals surface area (Å²) in [6.45, 7) is 0.728. The molecular weight excluding hydrogens is 318 g/mol. The maximum Gasteiger partial charge on any atom is 0.226 e. The van der Waals surface area contributed by atoms with Gasteiger partial charge < -0.3 is 15.2 Å². The second-order valence-corrected chi connectivity index (χ2v) is 5.61. The lowest BCUT2D eigenvalue weighted by atomic mass is 10.3. The zero-order valence-electron chi connectivity index (χ0n) is 12.1. The Balaban J connectivity index is 1.79. The van der Waals surface area contributed by atoms with Gasteiger partial charge in [-0.2, -0.15) is 9.97 Å². The lowest BCUT2D eigenvalue weighted by Crippen LogP contribution is -2.07. The molecule has 0 spiro atoms. The van der Waals surface area contributed by atoms with Gasteiger partial charge in [0.05, 0.1) is 12.0 Å². The highest BCUT2D eigenvalue weighted by Gasteiger charge is 2.22. The van der Waals surface area contributed by atoms with Crippen LogP contribution in [0.1, 0.15) is 19.1 Å². The van der Waals surface area contributed by atoms with Gasteiger partial charge in [0, 0.05) is 6.61 Å². The van der Waals surface area contributed by atoms with Crippen molar-refractivity contribution in [3.63, 3.8) is 0 Å². The van der Waals surface area contributed by atoms with Crippen LogP contribution in [0.5, 0.6) is 5.75 Å². The normalized spacial score (nSPS) is 17.7. The Kier molecular flexibility index (Phi) is 3.51. The van der Waals surface area contributed by atoms with Crippen molar-refractivity contribution in [1.82, 2.24) is 19.5 Å². The van der Waals surface area contributed by atoms with Gasteiger partial charge in [0.1, 0.15) is 12.0 Å². The van der Waals surface area contributed by atoms with Gasteiger partial charge in [-0.05, 0) is 36.6 Å².